The molecule has 2 nitrogen and oxygen atoms in total. The molecule has 1 N–H and O–H groups in total. The largest absolute Gasteiger partial charge is 0.416 e. The van der Waals surface area contributed by atoms with Gasteiger partial charge in [-0.1, -0.05) is 13.0 Å². The Balaban J connectivity index is 2.32. The molecular formula is C14H18F3NO. The average molecular weight is 273 g/mol. The number of halogens is 3. The number of benzene rings is 1. The molecule has 0 saturated heterocycles. The van der Waals surface area contributed by atoms with Gasteiger partial charge >= 0.3 is 6.18 Å². The summed E-state index contributed by atoms with van der Waals surface area (Å²) in [5.41, 5.74) is 0.655. The van der Waals surface area contributed by atoms with Crippen molar-refractivity contribution in [2.75, 3.05) is 19.0 Å². The molecule has 0 aromatic heterocycles. The van der Waals surface area contributed by atoms with E-state index in [0.29, 0.717) is 12.3 Å². The molecule has 5 heteroatoms. The quantitative estimate of drug-likeness (QED) is 0.903. The Morgan fingerprint density at radius 3 is 2.68 bits per heavy atom. The lowest BCUT2D eigenvalue weighted by Crippen LogP contribution is -2.45. The van der Waals surface area contributed by atoms with Crippen molar-refractivity contribution < 1.29 is 17.9 Å². The molecule has 1 aliphatic heterocycles. The fourth-order valence-corrected chi connectivity index (χ4v) is 2.56. The first-order valence-electron chi connectivity index (χ1n) is 6.37. The van der Waals surface area contributed by atoms with Gasteiger partial charge in [0.15, 0.2) is 0 Å². The molecule has 0 aliphatic carbocycles. The van der Waals surface area contributed by atoms with Crippen LogP contribution in [0.2, 0.25) is 0 Å². The van der Waals surface area contributed by atoms with E-state index in [9.17, 15) is 13.2 Å². The summed E-state index contributed by atoms with van der Waals surface area (Å²) in [4.78, 5) is 0. The fourth-order valence-electron chi connectivity index (χ4n) is 2.56. The van der Waals surface area contributed by atoms with Crippen molar-refractivity contribution in [1.29, 1.82) is 0 Å². The second-order valence-corrected chi connectivity index (χ2v) is 5.06. The molecule has 1 atom stereocenters. The molecule has 2 rings (SSSR count). The number of hydrogen-bond acceptors (Lipinski definition) is 2. The molecule has 1 aliphatic rings. The van der Waals surface area contributed by atoms with Crippen molar-refractivity contribution in [2.24, 2.45) is 0 Å². The molecule has 0 radical (unpaired) electrons. The van der Waals surface area contributed by atoms with E-state index in [4.69, 9.17) is 4.74 Å². The molecular weight excluding hydrogens is 255 g/mol. The highest BCUT2D eigenvalue weighted by Gasteiger charge is 2.35. The maximum Gasteiger partial charge on any atom is 0.416 e. The van der Waals surface area contributed by atoms with Gasteiger partial charge in [0, 0.05) is 12.8 Å². The highest BCUT2D eigenvalue weighted by Crippen LogP contribution is 2.37. The van der Waals surface area contributed by atoms with Crippen LogP contribution in [0, 0.1) is 0 Å². The van der Waals surface area contributed by atoms with Gasteiger partial charge in [0.1, 0.15) is 0 Å². The second-order valence-electron chi connectivity index (χ2n) is 5.06. The van der Waals surface area contributed by atoms with Crippen molar-refractivity contribution >= 4 is 5.69 Å². The van der Waals surface area contributed by atoms with Crippen LogP contribution in [0.3, 0.4) is 0 Å². The molecule has 1 heterocycles. The van der Waals surface area contributed by atoms with Gasteiger partial charge in [-0.2, -0.15) is 13.2 Å². The van der Waals surface area contributed by atoms with Gasteiger partial charge in [-0.3, -0.25) is 0 Å². The number of nitrogens with one attached hydrogen (secondary N) is 1. The Morgan fingerprint density at radius 1 is 1.37 bits per heavy atom. The normalized spacial score (nSPS) is 22.8. The SMILES string of the molecule is CCC1(COC)CCc2ccc(C(F)(F)F)cc2N1. The summed E-state index contributed by atoms with van der Waals surface area (Å²) in [5, 5.41) is 3.25. The number of alkyl halides is 3. The van der Waals surface area contributed by atoms with Gasteiger partial charge in [-0.25, -0.2) is 0 Å². The number of methoxy groups -OCH3 is 1. The fraction of sp³-hybridized carbons (Fsp3) is 0.571. The van der Waals surface area contributed by atoms with E-state index in [-0.39, 0.29) is 5.54 Å². The van der Waals surface area contributed by atoms with Crippen LogP contribution >= 0.6 is 0 Å². The van der Waals surface area contributed by atoms with E-state index in [0.717, 1.165) is 30.9 Å². The third-order valence-corrected chi connectivity index (χ3v) is 3.81. The van der Waals surface area contributed by atoms with Gasteiger partial charge in [0.25, 0.3) is 0 Å². The first-order valence-corrected chi connectivity index (χ1v) is 6.37. The van der Waals surface area contributed by atoms with E-state index < -0.39 is 11.7 Å². The van der Waals surface area contributed by atoms with Gasteiger partial charge < -0.3 is 10.1 Å². The van der Waals surface area contributed by atoms with Crippen LogP contribution in [-0.2, 0) is 17.3 Å². The predicted octanol–water partition coefficient (Wildman–Crippen LogP) is 3.86. The van der Waals surface area contributed by atoms with Crippen LogP contribution in [0.5, 0.6) is 0 Å². The number of rotatable bonds is 3. The average Bonchev–Trinajstić information content (AvgIpc) is 2.37. The highest BCUT2D eigenvalue weighted by molar-refractivity contribution is 5.57. The summed E-state index contributed by atoms with van der Waals surface area (Å²) in [6, 6.07) is 3.92. The number of fused-ring (bicyclic) bond motifs is 1. The number of anilines is 1. The van der Waals surface area contributed by atoms with Crippen LogP contribution in [0.1, 0.15) is 30.9 Å². The summed E-state index contributed by atoms with van der Waals surface area (Å²) in [6.07, 6.45) is -1.84. The molecule has 106 valence electrons. The van der Waals surface area contributed by atoms with Crippen LogP contribution in [0.25, 0.3) is 0 Å². The van der Waals surface area contributed by atoms with E-state index in [1.807, 2.05) is 6.92 Å². The molecule has 0 spiro atoms. The molecule has 1 aromatic rings. The summed E-state index contributed by atoms with van der Waals surface area (Å²) in [5.74, 6) is 0. The number of ether oxygens (including phenoxy) is 1. The Morgan fingerprint density at radius 2 is 2.11 bits per heavy atom. The Bertz CT molecular complexity index is 458. The number of aryl methyl sites for hydroxylation is 1. The van der Waals surface area contributed by atoms with Crippen LogP contribution in [0.15, 0.2) is 18.2 Å². The Hall–Kier alpha value is -1.23. The first-order chi connectivity index (χ1) is 8.90. The van der Waals surface area contributed by atoms with Gasteiger partial charge in [-0.15, -0.1) is 0 Å². The molecule has 0 saturated carbocycles. The smallest absolute Gasteiger partial charge is 0.382 e. The minimum absolute atomic E-state index is 0.258. The van der Waals surface area contributed by atoms with E-state index in [1.54, 1.807) is 13.2 Å². The van der Waals surface area contributed by atoms with Gasteiger partial charge in [0.05, 0.1) is 17.7 Å². The Labute approximate surface area is 111 Å². The molecule has 1 aromatic carbocycles. The molecule has 0 fully saturated rings. The summed E-state index contributed by atoms with van der Waals surface area (Å²) in [7, 11) is 1.61. The monoisotopic (exact) mass is 273 g/mol. The van der Waals surface area contributed by atoms with Crippen LogP contribution in [0.4, 0.5) is 18.9 Å². The first kappa shape index (κ1) is 14.2. The maximum absolute atomic E-state index is 12.7. The van der Waals surface area contributed by atoms with Crippen LogP contribution in [-0.4, -0.2) is 19.3 Å². The molecule has 19 heavy (non-hydrogen) atoms. The van der Waals surface area contributed by atoms with Crippen LogP contribution < -0.4 is 5.32 Å². The summed E-state index contributed by atoms with van der Waals surface area (Å²) >= 11 is 0. The van der Waals surface area contributed by atoms with Crippen molar-refractivity contribution in [3.63, 3.8) is 0 Å². The van der Waals surface area contributed by atoms with Crippen molar-refractivity contribution in [3.05, 3.63) is 29.3 Å². The minimum atomic E-state index is -4.30. The van der Waals surface area contributed by atoms with Crippen molar-refractivity contribution in [1.82, 2.24) is 0 Å². The van der Waals surface area contributed by atoms with E-state index >= 15 is 0 Å². The summed E-state index contributed by atoms with van der Waals surface area (Å²) < 4.78 is 43.4. The minimum Gasteiger partial charge on any atom is -0.382 e. The van der Waals surface area contributed by atoms with Crippen molar-refractivity contribution in [2.45, 2.75) is 37.9 Å². The zero-order valence-corrected chi connectivity index (χ0v) is 11.1. The zero-order valence-electron chi connectivity index (χ0n) is 11.1. The van der Waals surface area contributed by atoms with Gasteiger partial charge in [-0.05, 0) is 37.0 Å². The standard InChI is InChI=1S/C14H18F3NO/c1-3-13(9-19-2)7-6-10-4-5-11(14(15,16)17)8-12(10)18-13/h4-5,8,18H,3,6-7,9H2,1-2H3. The number of hydrogen-bond donors (Lipinski definition) is 1. The third kappa shape index (κ3) is 2.86. The lowest BCUT2D eigenvalue weighted by molar-refractivity contribution is -0.137. The predicted molar refractivity (Wildman–Crippen MR) is 68.3 cm³/mol. The maximum atomic E-state index is 12.7. The Kier molecular flexibility index (Phi) is 3.76. The van der Waals surface area contributed by atoms with Crippen molar-refractivity contribution in [3.8, 4) is 0 Å². The molecule has 0 bridgehead atoms. The lowest BCUT2D eigenvalue weighted by atomic mass is 9.84. The van der Waals surface area contributed by atoms with Gasteiger partial charge in [0.2, 0.25) is 0 Å². The zero-order chi connectivity index (χ0) is 14.1. The summed E-state index contributed by atoms with van der Waals surface area (Å²) in [6.45, 7) is 2.52. The van der Waals surface area contributed by atoms with E-state index in [2.05, 4.69) is 5.32 Å². The van der Waals surface area contributed by atoms with E-state index in [1.165, 1.54) is 6.07 Å². The topological polar surface area (TPSA) is 21.3 Å². The molecule has 1 unspecified atom stereocenters. The second kappa shape index (κ2) is 5.04. The highest BCUT2D eigenvalue weighted by atomic mass is 19.4. The molecule has 0 amide bonds. The lowest BCUT2D eigenvalue weighted by Gasteiger charge is -2.39. The third-order valence-electron chi connectivity index (χ3n) is 3.81.